The van der Waals surface area contributed by atoms with E-state index in [0.717, 1.165) is 34.6 Å². The third kappa shape index (κ3) is 5.49. The third-order valence-electron chi connectivity index (χ3n) is 4.71. The zero-order chi connectivity index (χ0) is 20.0. The maximum Gasteiger partial charge on any atom is 0.261 e. The minimum absolute atomic E-state index is 0.0588. The SMILES string of the molecule is CC[C@@H](NC(=O)[C@H](C)Oc1cc(C)ccc1C(C)C)c1ccc(OC)cc1. The molecule has 4 heteroatoms. The molecule has 27 heavy (non-hydrogen) atoms. The predicted octanol–water partition coefficient (Wildman–Crippen LogP) is 5.16. The van der Waals surface area contributed by atoms with Crippen molar-refractivity contribution in [3.63, 3.8) is 0 Å². The van der Waals surface area contributed by atoms with E-state index < -0.39 is 6.10 Å². The first-order chi connectivity index (χ1) is 12.8. The molecule has 0 saturated heterocycles. The molecule has 2 aromatic rings. The van der Waals surface area contributed by atoms with E-state index in [1.807, 2.05) is 37.3 Å². The lowest BCUT2D eigenvalue weighted by Gasteiger charge is -2.23. The van der Waals surface area contributed by atoms with E-state index in [4.69, 9.17) is 9.47 Å². The highest BCUT2D eigenvalue weighted by molar-refractivity contribution is 5.81. The summed E-state index contributed by atoms with van der Waals surface area (Å²) in [5, 5.41) is 3.10. The largest absolute Gasteiger partial charge is 0.497 e. The molecule has 0 aliphatic heterocycles. The first kappa shape index (κ1) is 20.8. The van der Waals surface area contributed by atoms with Crippen molar-refractivity contribution in [1.82, 2.24) is 5.32 Å². The summed E-state index contributed by atoms with van der Waals surface area (Å²) in [4.78, 5) is 12.7. The number of carbonyl (C=O) groups excluding carboxylic acids is 1. The molecule has 1 amide bonds. The minimum Gasteiger partial charge on any atom is -0.497 e. The second-order valence-electron chi connectivity index (χ2n) is 7.20. The van der Waals surface area contributed by atoms with Crippen LogP contribution < -0.4 is 14.8 Å². The lowest BCUT2D eigenvalue weighted by Crippen LogP contribution is -2.38. The van der Waals surface area contributed by atoms with Crippen LogP contribution in [0.15, 0.2) is 42.5 Å². The Hall–Kier alpha value is -2.49. The lowest BCUT2D eigenvalue weighted by atomic mass is 10.0. The van der Waals surface area contributed by atoms with Crippen LogP contribution in [0.2, 0.25) is 0 Å². The summed E-state index contributed by atoms with van der Waals surface area (Å²) in [6, 6.07) is 13.9. The first-order valence-corrected chi connectivity index (χ1v) is 9.57. The van der Waals surface area contributed by atoms with Gasteiger partial charge in [-0.05, 0) is 61.1 Å². The molecule has 0 heterocycles. The van der Waals surface area contributed by atoms with Crippen LogP contribution in [0.1, 0.15) is 62.8 Å². The van der Waals surface area contributed by atoms with Crippen LogP contribution in [0.4, 0.5) is 0 Å². The van der Waals surface area contributed by atoms with Crippen LogP contribution in [-0.4, -0.2) is 19.1 Å². The van der Waals surface area contributed by atoms with Crippen molar-refractivity contribution in [2.24, 2.45) is 0 Å². The average molecular weight is 370 g/mol. The van der Waals surface area contributed by atoms with Crippen molar-refractivity contribution >= 4 is 5.91 Å². The van der Waals surface area contributed by atoms with Gasteiger partial charge >= 0.3 is 0 Å². The summed E-state index contributed by atoms with van der Waals surface area (Å²) < 4.78 is 11.2. The standard InChI is InChI=1S/C23H31NO3/c1-7-21(18-9-11-19(26-6)12-10-18)24-23(25)17(5)27-22-14-16(4)8-13-20(22)15(2)3/h8-15,17,21H,7H2,1-6H3,(H,24,25)/t17-,21+/m0/s1. The molecule has 2 rings (SSSR count). The number of aryl methyl sites for hydroxylation is 1. The first-order valence-electron chi connectivity index (χ1n) is 9.57. The van der Waals surface area contributed by atoms with Gasteiger partial charge in [-0.15, -0.1) is 0 Å². The Labute approximate surface area is 162 Å². The summed E-state index contributed by atoms with van der Waals surface area (Å²) in [6.45, 7) is 10.1. The van der Waals surface area contributed by atoms with E-state index >= 15 is 0 Å². The van der Waals surface area contributed by atoms with Gasteiger partial charge in [0.1, 0.15) is 11.5 Å². The molecular weight excluding hydrogens is 338 g/mol. The van der Waals surface area contributed by atoms with Crippen LogP contribution >= 0.6 is 0 Å². The van der Waals surface area contributed by atoms with Crippen molar-refractivity contribution in [1.29, 1.82) is 0 Å². The van der Waals surface area contributed by atoms with Crippen molar-refractivity contribution in [2.75, 3.05) is 7.11 Å². The fourth-order valence-electron chi connectivity index (χ4n) is 3.01. The van der Waals surface area contributed by atoms with E-state index in [1.54, 1.807) is 14.0 Å². The van der Waals surface area contributed by atoms with Crippen LogP contribution in [0.3, 0.4) is 0 Å². The molecule has 2 aromatic carbocycles. The van der Waals surface area contributed by atoms with Crippen LogP contribution in [0, 0.1) is 6.92 Å². The zero-order valence-electron chi connectivity index (χ0n) is 17.2. The van der Waals surface area contributed by atoms with E-state index in [9.17, 15) is 4.79 Å². The Morgan fingerprint density at radius 3 is 2.30 bits per heavy atom. The maximum absolute atomic E-state index is 12.7. The van der Waals surface area contributed by atoms with E-state index in [0.29, 0.717) is 5.92 Å². The molecule has 1 N–H and O–H groups in total. The van der Waals surface area contributed by atoms with Crippen LogP contribution in [0.25, 0.3) is 0 Å². The molecule has 0 aromatic heterocycles. The molecule has 2 atom stereocenters. The normalized spacial score (nSPS) is 13.1. The number of hydrogen-bond acceptors (Lipinski definition) is 3. The topological polar surface area (TPSA) is 47.6 Å². The number of methoxy groups -OCH3 is 1. The maximum atomic E-state index is 12.7. The fourth-order valence-corrected chi connectivity index (χ4v) is 3.01. The average Bonchev–Trinajstić information content (AvgIpc) is 2.65. The van der Waals surface area contributed by atoms with Gasteiger partial charge in [0.25, 0.3) is 5.91 Å². The summed E-state index contributed by atoms with van der Waals surface area (Å²) in [5.41, 5.74) is 3.28. The number of carbonyl (C=O) groups is 1. The van der Waals surface area contributed by atoms with Gasteiger partial charge in [0.2, 0.25) is 0 Å². The lowest BCUT2D eigenvalue weighted by molar-refractivity contribution is -0.128. The van der Waals surface area contributed by atoms with Gasteiger partial charge < -0.3 is 14.8 Å². The molecule has 0 aliphatic rings. The smallest absolute Gasteiger partial charge is 0.261 e. The third-order valence-corrected chi connectivity index (χ3v) is 4.71. The van der Waals surface area contributed by atoms with Crippen molar-refractivity contribution in [2.45, 2.75) is 59.1 Å². The minimum atomic E-state index is -0.573. The van der Waals surface area contributed by atoms with Gasteiger partial charge in [-0.1, -0.05) is 45.0 Å². The highest BCUT2D eigenvalue weighted by Gasteiger charge is 2.21. The Balaban J connectivity index is 2.09. The molecule has 0 unspecified atom stereocenters. The predicted molar refractivity (Wildman–Crippen MR) is 110 cm³/mol. The summed E-state index contributed by atoms with van der Waals surface area (Å²) >= 11 is 0. The number of ether oxygens (including phenoxy) is 2. The van der Waals surface area contributed by atoms with Crippen LogP contribution in [0.5, 0.6) is 11.5 Å². The Kier molecular flexibility index (Phi) is 7.28. The van der Waals surface area contributed by atoms with Crippen molar-refractivity contribution in [3.05, 3.63) is 59.2 Å². The van der Waals surface area contributed by atoms with E-state index in [-0.39, 0.29) is 11.9 Å². The number of nitrogens with one attached hydrogen (secondary N) is 1. The molecule has 4 nitrogen and oxygen atoms in total. The highest BCUT2D eigenvalue weighted by Crippen LogP contribution is 2.28. The number of hydrogen-bond donors (Lipinski definition) is 1. The van der Waals surface area contributed by atoms with Gasteiger partial charge in [0, 0.05) is 0 Å². The number of amides is 1. The zero-order valence-corrected chi connectivity index (χ0v) is 17.2. The van der Waals surface area contributed by atoms with Gasteiger partial charge in [0.05, 0.1) is 13.2 Å². The molecule has 146 valence electrons. The Morgan fingerprint density at radius 2 is 1.74 bits per heavy atom. The number of rotatable bonds is 8. The van der Waals surface area contributed by atoms with Crippen LogP contribution in [-0.2, 0) is 4.79 Å². The highest BCUT2D eigenvalue weighted by atomic mass is 16.5. The van der Waals surface area contributed by atoms with E-state index in [1.165, 1.54) is 0 Å². The molecule has 0 aliphatic carbocycles. The monoisotopic (exact) mass is 369 g/mol. The van der Waals surface area contributed by atoms with Gasteiger partial charge in [-0.25, -0.2) is 0 Å². The molecule has 0 fully saturated rings. The summed E-state index contributed by atoms with van der Waals surface area (Å²) in [6.07, 6.45) is 0.225. The molecule has 0 bridgehead atoms. The van der Waals surface area contributed by atoms with Gasteiger partial charge in [-0.3, -0.25) is 4.79 Å². The van der Waals surface area contributed by atoms with Gasteiger partial charge in [-0.2, -0.15) is 0 Å². The fraction of sp³-hybridized carbons (Fsp3) is 0.435. The molecular formula is C23H31NO3. The van der Waals surface area contributed by atoms with E-state index in [2.05, 4.69) is 38.2 Å². The second kappa shape index (κ2) is 9.45. The molecule has 0 spiro atoms. The van der Waals surface area contributed by atoms with Crippen molar-refractivity contribution < 1.29 is 14.3 Å². The Bertz CT molecular complexity index is 753. The summed E-state index contributed by atoms with van der Waals surface area (Å²) in [5.74, 6) is 1.80. The Morgan fingerprint density at radius 1 is 1.07 bits per heavy atom. The molecule has 0 saturated carbocycles. The second-order valence-corrected chi connectivity index (χ2v) is 7.20. The summed E-state index contributed by atoms with van der Waals surface area (Å²) in [7, 11) is 1.64. The van der Waals surface area contributed by atoms with Crippen molar-refractivity contribution in [3.8, 4) is 11.5 Å². The number of benzene rings is 2. The quantitative estimate of drug-likeness (QED) is 0.699. The molecule has 0 radical (unpaired) electrons. The van der Waals surface area contributed by atoms with Gasteiger partial charge in [0.15, 0.2) is 6.10 Å².